The Morgan fingerprint density at radius 1 is 0.913 bits per heavy atom. The average Bonchev–Trinajstić information content (AvgIpc) is 2.58. The molecule has 1 heterocycles. The first-order valence-corrected chi connectivity index (χ1v) is 8.49. The van der Waals surface area contributed by atoms with E-state index >= 15 is 0 Å². The molecule has 0 N–H and O–H groups in total. The fourth-order valence-corrected chi connectivity index (χ4v) is 3.62. The molecule has 0 bridgehead atoms. The van der Waals surface area contributed by atoms with Gasteiger partial charge in [0, 0.05) is 12.0 Å². The Kier molecular flexibility index (Phi) is 4.92. The van der Waals surface area contributed by atoms with Crippen LogP contribution in [0.3, 0.4) is 0 Å². The second kappa shape index (κ2) is 7.10. The molecule has 23 heavy (non-hydrogen) atoms. The van der Waals surface area contributed by atoms with Gasteiger partial charge in [-0.05, 0) is 50.4 Å². The van der Waals surface area contributed by atoms with Crippen molar-refractivity contribution in [3.8, 4) is 0 Å². The fraction of sp³-hybridized carbons (Fsp3) is 0.381. The topological polar surface area (TPSA) is 20.3 Å². The van der Waals surface area contributed by atoms with E-state index < -0.39 is 0 Å². The summed E-state index contributed by atoms with van der Waals surface area (Å²) in [5, 5.41) is 0. The maximum atomic E-state index is 12.4. The lowest BCUT2D eigenvalue weighted by molar-refractivity contribution is -0.129. The van der Waals surface area contributed by atoms with Crippen molar-refractivity contribution < 1.29 is 4.79 Å². The lowest BCUT2D eigenvalue weighted by Crippen LogP contribution is -2.44. The van der Waals surface area contributed by atoms with Gasteiger partial charge in [0.05, 0.1) is 0 Å². The molecule has 120 valence electrons. The zero-order valence-corrected chi connectivity index (χ0v) is 13.9. The first-order chi connectivity index (χ1) is 11.2. The third kappa shape index (κ3) is 3.89. The van der Waals surface area contributed by atoms with Gasteiger partial charge in [-0.15, -0.1) is 0 Å². The molecule has 0 aromatic heterocycles. The molecule has 0 radical (unpaired) electrons. The molecule has 2 aromatic rings. The van der Waals surface area contributed by atoms with Gasteiger partial charge in [0.25, 0.3) is 0 Å². The normalized spacial score (nSPS) is 17.8. The highest BCUT2D eigenvalue weighted by Gasteiger charge is 2.38. The van der Waals surface area contributed by atoms with Crippen molar-refractivity contribution >= 4 is 5.78 Å². The minimum absolute atomic E-state index is 0.172. The third-order valence-corrected chi connectivity index (χ3v) is 5.19. The smallest absolute Gasteiger partial charge is 0.136 e. The number of hydrogen-bond donors (Lipinski definition) is 0. The summed E-state index contributed by atoms with van der Waals surface area (Å²) < 4.78 is 0. The molecule has 1 aliphatic rings. The van der Waals surface area contributed by atoms with Crippen molar-refractivity contribution in [1.82, 2.24) is 4.90 Å². The van der Waals surface area contributed by atoms with E-state index in [1.165, 1.54) is 11.1 Å². The Labute approximate surface area is 139 Å². The summed E-state index contributed by atoms with van der Waals surface area (Å²) in [7, 11) is 0. The van der Waals surface area contributed by atoms with E-state index in [1.807, 2.05) is 6.07 Å². The lowest BCUT2D eigenvalue weighted by Gasteiger charge is -2.40. The minimum Gasteiger partial charge on any atom is -0.299 e. The van der Waals surface area contributed by atoms with Crippen LogP contribution < -0.4 is 0 Å². The maximum Gasteiger partial charge on any atom is 0.136 e. The van der Waals surface area contributed by atoms with Gasteiger partial charge in [-0.1, -0.05) is 60.7 Å². The van der Waals surface area contributed by atoms with Crippen LogP contribution in [0.5, 0.6) is 0 Å². The quantitative estimate of drug-likeness (QED) is 0.829. The van der Waals surface area contributed by atoms with Gasteiger partial charge in [0.1, 0.15) is 5.78 Å². The zero-order valence-electron chi connectivity index (χ0n) is 13.9. The van der Waals surface area contributed by atoms with Gasteiger partial charge in [-0.3, -0.25) is 9.69 Å². The lowest BCUT2D eigenvalue weighted by atomic mass is 9.71. The molecule has 0 amide bonds. The average molecular weight is 307 g/mol. The van der Waals surface area contributed by atoms with Gasteiger partial charge in [0.2, 0.25) is 0 Å². The van der Waals surface area contributed by atoms with Gasteiger partial charge in [-0.2, -0.15) is 0 Å². The predicted molar refractivity (Wildman–Crippen MR) is 94.2 cm³/mol. The molecule has 0 unspecified atom stereocenters. The number of carbonyl (C=O) groups excluding carboxylic acids is 1. The number of carbonyl (C=O) groups is 1. The molecule has 0 spiro atoms. The molecule has 1 aliphatic heterocycles. The Morgan fingerprint density at radius 2 is 1.43 bits per heavy atom. The first kappa shape index (κ1) is 15.9. The van der Waals surface area contributed by atoms with Crippen molar-refractivity contribution in [1.29, 1.82) is 0 Å². The fourth-order valence-electron chi connectivity index (χ4n) is 3.62. The molecule has 1 fully saturated rings. The van der Waals surface area contributed by atoms with E-state index in [9.17, 15) is 4.79 Å². The summed E-state index contributed by atoms with van der Waals surface area (Å²) in [6.07, 6.45) is 2.80. The third-order valence-electron chi connectivity index (χ3n) is 5.19. The number of likely N-dealkylation sites (tertiary alicyclic amines) is 1. The van der Waals surface area contributed by atoms with Crippen molar-refractivity contribution in [2.45, 2.75) is 32.7 Å². The molecule has 0 aliphatic carbocycles. The van der Waals surface area contributed by atoms with Crippen LogP contribution in [-0.2, 0) is 17.8 Å². The maximum absolute atomic E-state index is 12.4. The molecule has 0 saturated carbocycles. The van der Waals surface area contributed by atoms with Gasteiger partial charge in [0.15, 0.2) is 0 Å². The monoisotopic (exact) mass is 307 g/mol. The SMILES string of the molecule is CC(=O)C1(Cc2ccccc2)CCN(Cc2ccccc2)CC1. The van der Waals surface area contributed by atoms with Crippen LogP contribution >= 0.6 is 0 Å². The molecule has 0 atom stereocenters. The van der Waals surface area contributed by atoms with Gasteiger partial charge < -0.3 is 0 Å². The Hall–Kier alpha value is -1.93. The summed E-state index contributed by atoms with van der Waals surface area (Å²) >= 11 is 0. The summed E-state index contributed by atoms with van der Waals surface area (Å²) in [6, 6.07) is 21.0. The molecule has 2 heteroatoms. The van der Waals surface area contributed by atoms with Crippen molar-refractivity contribution in [3.63, 3.8) is 0 Å². The van der Waals surface area contributed by atoms with Crippen LogP contribution in [0.2, 0.25) is 0 Å². The highest BCUT2D eigenvalue weighted by atomic mass is 16.1. The van der Waals surface area contributed by atoms with Crippen molar-refractivity contribution in [2.24, 2.45) is 5.41 Å². The van der Waals surface area contributed by atoms with E-state index in [1.54, 1.807) is 6.92 Å². The van der Waals surface area contributed by atoms with Crippen LogP contribution in [0.4, 0.5) is 0 Å². The van der Waals surface area contributed by atoms with Crippen molar-refractivity contribution in [2.75, 3.05) is 13.1 Å². The second-order valence-electron chi connectivity index (χ2n) is 6.76. The zero-order chi connectivity index (χ0) is 16.1. The van der Waals surface area contributed by atoms with Crippen molar-refractivity contribution in [3.05, 3.63) is 71.8 Å². The number of nitrogens with zero attached hydrogens (tertiary/aromatic N) is 1. The number of rotatable bonds is 5. The highest BCUT2D eigenvalue weighted by Crippen LogP contribution is 2.36. The Morgan fingerprint density at radius 3 is 1.96 bits per heavy atom. The van der Waals surface area contributed by atoms with Gasteiger partial charge >= 0.3 is 0 Å². The number of benzene rings is 2. The van der Waals surface area contributed by atoms with E-state index in [2.05, 4.69) is 59.5 Å². The molecular formula is C21H25NO. The summed E-state index contributed by atoms with van der Waals surface area (Å²) in [6.45, 7) is 4.76. The molecular weight excluding hydrogens is 282 g/mol. The number of Topliss-reactive ketones (excluding diaryl/α,β-unsaturated/α-hetero) is 1. The molecule has 2 aromatic carbocycles. The standard InChI is InChI=1S/C21H25NO/c1-18(23)21(16-19-8-4-2-5-9-19)12-14-22(15-13-21)17-20-10-6-3-7-11-20/h2-11H,12-17H2,1H3. The molecule has 2 nitrogen and oxygen atoms in total. The molecule has 1 saturated heterocycles. The first-order valence-electron chi connectivity index (χ1n) is 8.49. The number of hydrogen-bond acceptors (Lipinski definition) is 2. The molecule has 3 rings (SSSR count). The van der Waals surface area contributed by atoms with E-state index in [0.717, 1.165) is 38.9 Å². The summed E-state index contributed by atoms with van der Waals surface area (Å²) in [5.41, 5.74) is 2.46. The number of piperidine rings is 1. The van der Waals surface area contributed by atoms with Gasteiger partial charge in [-0.25, -0.2) is 0 Å². The largest absolute Gasteiger partial charge is 0.299 e. The van der Waals surface area contributed by atoms with E-state index in [0.29, 0.717) is 5.78 Å². The second-order valence-corrected chi connectivity index (χ2v) is 6.76. The highest BCUT2D eigenvalue weighted by molar-refractivity contribution is 5.82. The Balaban J connectivity index is 1.65. The summed E-state index contributed by atoms with van der Waals surface area (Å²) in [5.74, 6) is 0.348. The predicted octanol–water partition coefficient (Wildman–Crippen LogP) is 4.10. The van der Waals surface area contributed by atoms with Crippen LogP contribution in [0.1, 0.15) is 30.9 Å². The number of ketones is 1. The summed E-state index contributed by atoms with van der Waals surface area (Å²) in [4.78, 5) is 14.8. The van der Waals surface area contributed by atoms with Crippen LogP contribution in [0, 0.1) is 5.41 Å². The van der Waals surface area contributed by atoms with Crippen LogP contribution in [0.25, 0.3) is 0 Å². The van der Waals surface area contributed by atoms with Crippen LogP contribution in [0.15, 0.2) is 60.7 Å². The van der Waals surface area contributed by atoms with E-state index in [-0.39, 0.29) is 5.41 Å². The van der Waals surface area contributed by atoms with Crippen LogP contribution in [-0.4, -0.2) is 23.8 Å². The minimum atomic E-state index is -0.172. The Bertz CT molecular complexity index is 627. The van der Waals surface area contributed by atoms with E-state index in [4.69, 9.17) is 0 Å².